The molecule has 1 heterocycles. The lowest BCUT2D eigenvalue weighted by Crippen LogP contribution is -2.22. The van der Waals surface area contributed by atoms with Gasteiger partial charge in [-0.05, 0) is 6.54 Å². The van der Waals surface area contributed by atoms with Crippen LogP contribution in [-0.2, 0) is 0 Å². The number of halogens is 1. The molecule has 1 aliphatic rings. The maximum Gasteiger partial charge on any atom is 0.184 e. The van der Waals surface area contributed by atoms with Crippen molar-refractivity contribution in [2.45, 2.75) is 12.1 Å². The van der Waals surface area contributed by atoms with Gasteiger partial charge in [0.2, 0.25) is 0 Å². The third-order valence-corrected chi connectivity index (χ3v) is 1.36. The van der Waals surface area contributed by atoms with Crippen molar-refractivity contribution in [3.8, 4) is 12.3 Å². The number of rotatable bonds is 0. The highest BCUT2D eigenvalue weighted by atomic mass is 19.1. The molecule has 1 aliphatic heterocycles. The average molecular weight is 113 g/mol. The molecule has 0 amide bonds. The average Bonchev–Trinajstić information content (AvgIpc) is 2.17. The van der Waals surface area contributed by atoms with Crippen LogP contribution in [0.2, 0.25) is 0 Å². The second-order valence-electron chi connectivity index (χ2n) is 2.04. The Hall–Kier alpha value is -0.550. The van der Waals surface area contributed by atoms with E-state index in [0.717, 1.165) is 0 Å². The number of hydrogen-bond acceptors (Lipinski definition) is 1. The number of hydrogen-bond donors (Lipinski definition) is 1. The van der Waals surface area contributed by atoms with Crippen molar-refractivity contribution >= 4 is 0 Å². The van der Waals surface area contributed by atoms with Crippen molar-refractivity contribution in [2.75, 3.05) is 13.1 Å². The van der Waals surface area contributed by atoms with Gasteiger partial charge in [-0.3, -0.25) is 0 Å². The molecule has 44 valence electrons. The largest absolute Gasteiger partial charge is 0.312 e. The molecule has 0 unspecified atom stereocenters. The molecular formula is C6H8FN. The van der Waals surface area contributed by atoms with Gasteiger partial charge in [-0.1, -0.05) is 5.92 Å². The molecule has 1 nitrogen and oxygen atoms in total. The first-order valence-corrected chi connectivity index (χ1v) is 2.64. The summed E-state index contributed by atoms with van der Waals surface area (Å²) in [6.07, 6.45) is 5.36. The summed E-state index contributed by atoms with van der Waals surface area (Å²) in [5.74, 6) is 2.11. The van der Waals surface area contributed by atoms with Crippen molar-refractivity contribution in [3.05, 3.63) is 0 Å². The molecule has 1 rings (SSSR count). The fourth-order valence-corrected chi connectivity index (χ4v) is 0.785. The summed E-state index contributed by atoms with van der Waals surface area (Å²) in [7, 11) is 0. The van der Waals surface area contributed by atoms with Gasteiger partial charge < -0.3 is 5.32 Å². The van der Waals surface area contributed by atoms with Crippen LogP contribution in [0, 0.1) is 12.3 Å². The van der Waals surface area contributed by atoms with Gasteiger partial charge in [-0.25, -0.2) is 4.39 Å². The van der Waals surface area contributed by atoms with Crippen LogP contribution in [0.1, 0.15) is 6.42 Å². The lowest BCUT2D eigenvalue weighted by atomic mass is 10.1. The van der Waals surface area contributed by atoms with Gasteiger partial charge in [-0.15, -0.1) is 6.42 Å². The number of alkyl halides is 1. The molecule has 1 saturated heterocycles. The van der Waals surface area contributed by atoms with E-state index in [1.54, 1.807) is 0 Å². The summed E-state index contributed by atoms with van der Waals surface area (Å²) >= 11 is 0. The minimum Gasteiger partial charge on any atom is -0.312 e. The van der Waals surface area contributed by atoms with Gasteiger partial charge >= 0.3 is 0 Å². The van der Waals surface area contributed by atoms with Gasteiger partial charge in [0.15, 0.2) is 5.67 Å². The quantitative estimate of drug-likeness (QED) is 0.446. The number of terminal acetylenes is 1. The number of nitrogens with one attached hydrogen (secondary N) is 1. The van der Waals surface area contributed by atoms with Crippen molar-refractivity contribution in [3.63, 3.8) is 0 Å². The SMILES string of the molecule is C#C[C@@]1(F)CCNC1. The molecule has 0 aromatic rings. The van der Waals surface area contributed by atoms with Crippen LogP contribution < -0.4 is 5.32 Å². The minimum atomic E-state index is -1.35. The fraction of sp³-hybridized carbons (Fsp3) is 0.667. The zero-order valence-electron chi connectivity index (χ0n) is 4.58. The fourth-order valence-electron chi connectivity index (χ4n) is 0.785. The van der Waals surface area contributed by atoms with Crippen LogP contribution in [0.5, 0.6) is 0 Å². The molecule has 0 aromatic carbocycles. The van der Waals surface area contributed by atoms with Gasteiger partial charge in [0.1, 0.15) is 0 Å². The Kier molecular flexibility index (Phi) is 1.22. The highest BCUT2D eigenvalue weighted by molar-refractivity contribution is 5.11. The molecule has 0 radical (unpaired) electrons. The molecule has 2 heteroatoms. The third-order valence-electron chi connectivity index (χ3n) is 1.36. The molecule has 8 heavy (non-hydrogen) atoms. The second-order valence-corrected chi connectivity index (χ2v) is 2.04. The molecular weight excluding hydrogens is 105 g/mol. The van der Waals surface area contributed by atoms with E-state index in [-0.39, 0.29) is 0 Å². The maximum atomic E-state index is 12.7. The van der Waals surface area contributed by atoms with Crippen molar-refractivity contribution in [1.82, 2.24) is 5.32 Å². The standard InChI is InChI=1S/C6H8FN/c1-2-6(7)3-4-8-5-6/h1,8H,3-5H2/t6-/m1/s1. The van der Waals surface area contributed by atoms with Crippen molar-refractivity contribution in [2.24, 2.45) is 0 Å². The zero-order valence-corrected chi connectivity index (χ0v) is 4.58. The van der Waals surface area contributed by atoms with E-state index in [9.17, 15) is 4.39 Å². The van der Waals surface area contributed by atoms with E-state index in [2.05, 4.69) is 11.2 Å². The lowest BCUT2D eigenvalue weighted by Gasteiger charge is -2.06. The molecule has 0 saturated carbocycles. The van der Waals surface area contributed by atoms with Crippen molar-refractivity contribution < 1.29 is 4.39 Å². The molecule has 1 fully saturated rings. The van der Waals surface area contributed by atoms with E-state index >= 15 is 0 Å². The molecule has 1 N–H and O–H groups in total. The Bertz CT molecular complexity index is 119. The topological polar surface area (TPSA) is 12.0 Å². The maximum absolute atomic E-state index is 12.7. The summed E-state index contributed by atoms with van der Waals surface area (Å²) in [6.45, 7) is 1.03. The second kappa shape index (κ2) is 1.75. The highest BCUT2D eigenvalue weighted by Gasteiger charge is 2.30. The lowest BCUT2D eigenvalue weighted by molar-refractivity contribution is 0.272. The van der Waals surface area contributed by atoms with Gasteiger partial charge in [0.05, 0.1) is 0 Å². The van der Waals surface area contributed by atoms with Crippen LogP contribution in [0.4, 0.5) is 4.39 Å². The first-order valence-electron chi connectivity index (χ1n) is 2.64. The highest BCUT2D eigenvalue weighted by Crippen LogP contribution is 2.17. The summed E-state index contributed by atoms with van der Waals surface area (Å²) < 4.78 is 12.7. The van der Waals surface area contributed by atoms with Crippen LogP contribution in [-0.4, -0.2) is 18.8 Å². The predicted molar refractivity (Wildman–Crippen MR) is 30.2 cm³/mol. The predicted octanol–water partition coefficient (Wildman–Crippen LogP) is 0.321. The Morgan fingerprint density at radius 2 is 2.50 bits per heavy atom. The Balaban J connectivity index is 2.56. The Morgan fingerprint density at radius 1 is 1.75 bits per heavy atom. The Labute approximate surface area is 48.3 Å². The van der Waals surface area contributed by atoms with Crippen LogP contribution in [0.15, 0.2) is 0 Å². The Morgan fingerprint density at radius 3 is 2.75 bits per heavy atom. The zero-order chi connectivity index (χ0) is 6.04. The van der Waals surface area contributed by atoms with Crippen molar-refractivity contribution in [1.29, 1.82) is 0 Å². The summed E-state index contributed by atoms with van der Waals surface area (Å²) in [5, 5.41) is 2.85. The normalized spacial score (nSPS) is 37.0. The van der Waals surface area contributed by atoms with Crippen LogP contribution in [0.3, 0.4) is 0 Å². The molecule has 0 aliphatic carbocycles. The first-order chi connectivity index (χ1) is 3.77. The van der Waals surface area contributed by atoms with E-state index in [1.807, 2.05) is 0 Å². The summed E-state index contributed by atoms with van der Waals surface area (Å²) in [4.78, 5) is 0. The van der Waals surface area contributed by atoms with Crippen LogP contribution in [0.25, 0.3) is 0 Å². The van der Waals surface area contributed by atoms with Gasteiger partial charge in [0.25, 0.3) is 0 Å². The summed E-state index contributed by atoms with van der Waals surface area (Å²) in [5.41, 5.74) is -1.35. The summed E-state index contributed by atoms with van der Waals surface area (Å²) in [6, 6.07) is 0. The van der Waals surface area contributed by atoms with E-state index in [1.165, 1.54) is 0 Å². The first kappa shape index (κ1) is 5.58. The molecule has 1 atom stereocenters. The monoisotopic (exact) mass is 113 g/mol. The smallest absolute Gasteiger partial charge is 0.184 e. The van der Waals surface area contributed by atoms with Gasteiger partial charge in [-0.2, -0.15) is 0 Å². The molecule has 0 aromatic heterocycles. The molecule has 0 spiro atoms. The third kappa shape index (κ3) is 0.823. The minimum absolute atomic E-state index is 0.323. The van der Waals surface area contributed by atoms with E-state index < -0.39 is 5.67 Å². The van der Waals surface area contributed by atoms with Crippen LogP contribution >= 0.6 is 0 Å². The van der Waals surface area contributed by atoms with E-state index in [4.69, 9.17) is 6.42 Å². The van der Waals surface area contributed by atoms with Gasteiger partial charge in [0, 0.05) is 13.0 Å². The molecule has 0 bridgehead atoms. The van der Waals surface area contributed by atoms with E-state index in [0.29, 0.717) is 19.5 Å².